The second-order valence-electron chi connectivity index (χ2n) is 5.75. The SMILES string of the molecule is Cc1cc(C)n(CC(=O)Nc2nn(Cc3ccccc3Cl)cc2Br)n1. The topological polar surface area (TPSA) is 64.7 Å². The molecule has 1 N–H and O–H groups in total. The molecule has 3 rings (SSSR count). The van der Waals surface area contributed by atoms with Crippen LogP contribution in [-0.4, -0.2) is 25.5 Å². The van der Waals surface area contributed by atoms with E-state index in [-0.39, 0.29) is 12.5 Å². The van der Waals surface area contributed by atoms with E-state index in [1.54, 1.807) is 9.36 Å². The van der Waals surface area contributed by atoms with Gasteiger partial charge in [-0.25, -0.2) is 0 Å². The molecule has 0 aliphatic carbocycles. The average Bonchev–Trinajstić information content (AvgIpc) is 3.03. The highest BCUT2D eigenvalue weighted by Gasteiger charge is 2.13. The molecule has 3 aromatic rings. The third kappa shape index (κ3) is 4.29. The average molecular weight is 423 g/mol. The Balaban J connectivity index is 1.69. The summed E-state index contributed by atoms with van der Waals surface area (Å²) in [7, 11) is 0. The second kappa shape index (κ2) is 7.41. The van der Waals surface area contributed by atoms with Gasteiger partial charge in [0.25, 0.3) is 0 Å². The number of nitrogens with zero attached hydrogens (tertiary/aromatic N) is 4. The maximum Gasteiger partial charge on any atom is 0.247 e. The van der Waals surface area contributed by atoms with E-state index in [0.717, 1.165) is 17.0 Å². The molecule has 6 nitrogen and oxygen atoms in total. The summed E-state index contributed by atoms with van der Waals surface area (Å²) in [6, 6.07) is 9.53. The standard InChI is InChI=1S/C17H17BrClN5O/c1-11-7-12(2)24(21-11)10-16(25)20-17-14(18)9-23(22-17)8-13-5-3-4-6-15(13)19/h3-7,9H,8,10H2,1-2H3,(H,20,22,25). The van der Waals surface area contributed by atoms with Crippen molar-refractivity contribution in [1.82, 2.24) is 19.6 Å². The number of anilines is 1. The number of halogens is 2. The molecule has 0 saturated carbocycles. The predicted molar refractivity (Wildman–Crippen MR) is 101 cm³/mol. The fourth-order valence-corrected chi connectivity index (χ4v) is 3.12. The van der Waals surface area contributed by atoms with Gasteiger partial charge in [-0.2, -0.15) is 10.2 Å². The molecule has 2 aromatic heterocycles. The largest absolute Gasteiger partial charge is 0.307 e. The minimum atomic E-state index is -0.185. The van der Waals surface area contributed by atoms with Gasteiger partial charge in [0.2, 0.25) is 5.91 Å². The molecule has 2 heterocycles. The Bertz CT molecular complexity index is 918. The van der Waals surface area contributed by atoms with Gasteiger partial charge in [-0.3, -0.25) is 14.2 Å². The molecule has 25 heavy (non-hydrogen) atoms. The maximum absolute atomic E-state index is 12.3. The van der Waals surface area contributed by atoms with Crippen LogP contribution in [0.15, 0.2) is 41.0 Å². The van der Waals surface area contributed by atoms with Crippen LogP contribution in [0.5, 0.6) is 0 Å². The molecule has 0 radical (unpaired) electrons. The van der Waals surface area contributed by atoms with Crippen LogP contribution in [0.25, 0.3) is 0 Å². The van der Waals surface area contributed by atoms with Crippen molar-refractivity contribution in [3.05, 3.63) is 63.0 Å². The number of aromatic nitrogens is 4. The van der Waals surface area contributed by atoms with Crippen LogP contribution in [0.1, 0.15) is 17.0 Å². The van der Waals surface area contributed by atoms with Crippen LogP contribution < -0.4 is 5.32 Å². The molecule has 0 atom stereocenters. The van der Waals surface area contributed by atoms with E-state index >= 15 is 0 Å². The van der Waals surface area contributed by atoms with E-state index in [1.807, 2.05) is 50.4 Å². The number of benzene rings is 1. The quantitative estimate of drug-likeness (QED) is 0.680. The van der Waals surface area contributed by atoms with Gasteiger partial charge in [0.15, 0.2) is 5.82 Å². The van der Waals surface area contributed by atoms with Gasteiger partial charge in [0.1, 0.15) is 6.54 Å². The van der Waals surface area contributed by atoms with E-state index in [0.29, 0.717) is 21.9 Å². The number of carbonyl (C=O) groups excluding carboxylic acids is 1. The summed E-state index contributed by atoms with van der Waals surface area (Å²) in [4.78, 5) is 12.3. The van der Waals surface area contributed by atoms with Crippen LogP contribution >= 0.6 is 27.5 Å². The Labute approximate surface area is 158 Å². The van der Waals surface area contributed by atoms with E-state index < -0.39 is 0 Å². The predicted octanol–water partition coefficient (Wildman–Crippen LogP) is 3.80. The van der Waals surface area contributed by atoms with E-state index in [2.05, 4.69) is 31.4 Å². The molecule has 1 amide bonds. The third-order valence-corrected chi connectivity index (χ3v) is 4.61. The summed E-state index contributed by atoms with van der Waals surface area (Å²) >= 11 is 9.61. The van der Waals surface area contributed by atoms with Gasteiger partial charge in [0, 0.05) is 16.9 Å². The lowest BCUT2D eigenvalue weighted by molar-refractivity contribution is -0.117. The zero-order valence-electron chi connectivity index (χ0n) is 13.8. The van der Waals surface area contributed by atoms with Crippen molar-refractivity contribution in [3.63, 3.8) is 0 Å². The normalized spacial score (nSPS) is 10.9. The van der Waals surface area contributed by atoms with Crippen molar-refractivity contribution in [2.75, 3.05) is 5.32 Å². The summed E-state index contributed by atoms with van der Waals surface area (Å²) in [5.74, 6) is 0.286. The molecule has 130 valence electrons. The fraction of sp³-hybridized carbons (Fsp3) is 0.235. The Morgan fingerprint density at radius 2 is 2.04 bits per heavy atom. The number of rotatable bonds is 5. The lowest BCUT2D eigenvalue weighted by Crippen LogP contribution is -2.21. The zero-order valence-corrected chi connectivity index (χ0v) is 16.2. The van der Waals surface area contributed by atoms with Gasteiger partial charge in [-0.15, -0.1) is 0 Å². The third-order valence-electron chi connectivity index (χ3n) is 3.66. The van der Waals surface area contributed by atoms with Crippen molar-refractivity contribution in [2.24, 2.45) is 0 Å². The van der Waals surface area contributed by atoms with E-state index in [4.69, 9.17) is 11.6 Å². The molecule has 8 heteroatoms. The first kappa shape index (κ1) is 17.7. The van der Waals surface area contributed by atoms with E-state index in [9.17, 15) is 4.79 Å². The fourth-order valence-electron chi connectivity index (χ4n) is 2.51. The first-order chi connectivity index (χ1) is 11.9. The highest BCUT2D eigenvalue weighted by Crippen LogP contribution is 2.22. The van der Waals surface area contributed by atoms with Gasteiger partial charge < -0.3 is 5.32 Å². The van der Waals surface area contributed by atoms with Crippen LogP contribution in [-0.2, 0) is 17.9 Å². The van der Waals surface area contributed by atoms with Crippen molar-refractivity contribution < 1.29 is 4.79 Å². The number of hydrogen-bond acceptors (Lipinski definition) is 3. The smallest absolute Gasteiger partial charge is 0.247 e. The summed E-state index contributed by atoms with van der Waals surface area (Å²) in [5, 5.41) is 12.2. The minimum absolute atomic E-state index is 0.142. The van der Waals surface area contributed by atoms with Crippen LogP contribution in [0.2, 0.25) is 5.02 Å². The summed E-state index contributed by atoms with van der Waals surface area (Å²) in [5.41, 5.74) is 2.78. The molecule has 0 bridgehead atoms. The highest BCUT2D eigenvalue weighted by molar-refractivity contribution is 9.10. The molecule has 0 aliphatic heterocycles. The lowest BCUT2D eigenvalue weighted by atomic mass is 10.2. The number of amides is 1. The molecular formula is C17H17BrClN5O. The van der Waals surface area contributed by atoms with Crippen LogP contribution in [0, 0.1) is 13.8 Å². The van der Waals surface area contributed by atoms with Gasteiger partial charge in [0.05, 0.1) is 16.7 Å². The van der Waals surface area contributed by atoms with Crippen molar-refractivity contribution >= 4 is 39.3 Å². The Kier molecular flexibility index (Phi) is 5.24. The van der Waals surface area contributed by atoms with Crippen molar-refractivity contribution in [2.45, 2.75) is 26.9 Å². The molecule has 0 aliphatic rings. The molecule has 0 spiro atoms. The Hall–Kier alpha value is -2.12. The molecule has 0 fully saturated rings. The minimum Gasteiger partial charge on any atom is -0.307 e. The molecule has 0 unspecified atom stereocenters. The number of hydrogen-bond donors (Lipinski definition) is 1. The summed E-state index contributed by atoms with van der Waals surface area (Å²) in [6.07, 6.45) is 1.81. The number of nitrogens with one attached hydrogen (secondary N) is 1. The molecular weight excluding hydrogens is 406 g/mol. The number of aryl methyl sites for hydroxylation is 2. The zero-order chi connectivity index (χ0) is 18.0. The van der Waals surface area contributed by atoms with Gasteiger partial charge >= 0.3 is 0 Å². The second-order valence-corrected chi connectivity index (χ2v) is 7.01. The van der Waals surface area contributed by atoms with Gasteiger partial charge in [-0.05, 0) is 47.5 Å². The Morgan fingerprint density at radius 1 is 1.28 bits per heavy atom. The highest BCUT2D eigenvalue weighted by atomic mass is 79.9. The molecule has 1 aromatic carbocycles. The van der Waals surface area contributed by atoms with Crippen molar-refractivity contribution in [1.29, 1.82) is 0 Å². The molecule has 0 saturated heterocycles. The maximum atomic E-state index is 12.3. The van der Waals surface area contributed by atoms with Crippen LogP contribution in [0.4, 0.5) is 5.82 Å². The first-order valence-electron chi connectivity index (χ1n) is 7.69. The van der Waals surface area contributed by atoms with Gasteiger partial charge in [-0.1, -0.05) is 29.8 Å². The monoisotopic (exact) mass is 421 g/mol. The summed E-state index contributed by atoms with van der Waals surface area (Å²) < 4.78 is 4.10. The van der Waals surface area contributed by atoms with E-state index in [1.165, 1.54) is 0 Å². The number of carbonyl (C=O) groups is 1. The first-order valence-corrected chi connectivity index (χ1v) is 8.87. The van der Waals surface area contributed by atoms with Crippen LogP contribution in [0.3, 0.4) is 0 Å². The Morgan fingerprint density at radius 3 is 2.72 bits per heavy atom. The summed E-state index contributed by atoms with van der Waals surface area (Å²) in [6.45, 7) is 4.48. The lowest BCUT2D eigenvalue weighted by Gasteiger charge is -2.06. The van der Waals surface area contributed by atoms with Crippen molar-refractivity contribution in [3.8, 4) is 0 Å².